The molecular weight excluding hydrogens is 412 g/mol. The van der Waals surface area contributed by atoms with E-state index in [1.807, 2.05) is 13.0 Å². The number of esters is 1. The van der Waals surface area contributed by atoms with Crippen molar-refractivity contribution in [2.75, 3.05) is 33.3 Å². The monoisotopic (exact) mass is 438 g/mol. The van der Waals surface area contributed by atoms with E-state index in [1.54, 1.807) is 37.4 Å². The van der Waals surface area contributed by atoms with Gasteiger partial charge in [0.25, 0.3) is 5.91 Å². The highest BCUT2D eigenvalue weighted by atomic mass is 16.5. The van der Waals surface area contributed by atoms with E-state index in [-0.39, 0.29) is 18.5 Å². The van der Waals surface area contributed by atoms with Gasteiger partial charge in [-0.25, -0.2) is 4.79 Å². The predicted octanol–water partition coefficient (Wildman–Crippen LogP) is 4.11. The first-order chi connectivity index (χ1) is 15.5. The Hall–Kier alpha value is -3.68. The molecule has 0 saturated heterocycles. The quantitative estimate of drug-likeness (QED) is 0.533. The van der Waals surface area contributed by atoms with Crippen LogP contribution in [0.15, 0.2) is 36.4 Å². The maximum atomic E-state index is 12.5. The van der Waals surface area contributed by atoms with Crippen LogP contribution >= 0.6 is 0 Å². The number of aromatic nitrogens is 1. The number of hydrogen-bond acceptors (Lipinski definition) is 6. The fourth-order valence-electron chi connectivity index (χ4n) is 3.92. The molecule has 32 heavy (non-hydrogen) atoms. The second-order valence-electron chi connectivity index (χ2n) is 7.64. The van der Waals surface area contributed by atoms with Crippen LogP contribution in [0.4, 0.5) is 5.69 Å². The fraction of sp³-hybridized carbons (Fsp3) is 0.333. The van der Waals surface area contributed by atoms with Crippen molar-refractivity contribution in [2.24, 2.45) is 0 Å². The number of carbonyl (C=O) groups is 2. The molecule has 1 amide bonds. The molecule has 1 saturated carbocycles. The Morgan fingerprint density at radius 1 is 1.03 bits per heavy atom. The second-order valence-corrected chi connectivity index (χ2v) is 7.64. The number of ether oxygens (including phenoxy) is 4. The molecule has 1 aliphatic carbocycles. The minimum Gasteiger partial charge on any atom is -0.497 e. The van der Waals surface area contributed by atoms with Crippen LogP contribution in [0, 0.1) is 6.92 Å². The number of anilines is 1. The maximum absolute atomic E-state index is 12.5. The van der Waals surface area contributed by atoms with Crippen molar-refractivity contribution in [3.05, 3.63) is 47.7 Å². The summed E-state index contributed by atoms with van der Waals surface area (Å²) in [5.74, 6) is 0.866. The highest BCUT2D eigenvalue weighted by Crippen LogP contribution is 2.42. The summed E-state index contributed by atoms with van der Waals surface area (Å²) in [6.07, 6.45) is 2.19. The van der Waals surface area contributed by atoms with Crippen molar-refractivity contribution in [1.82, 2.24) is 4.57 Å². The summed E-state index contributed by atoms with van der Waals surface area (Å²) in [5, 5.41) is 3.53. The molecule has 0 radical (unpaired) electrons. The lowest BCUT2D eigenvalue weighted by Gasteiger charge is -2.12. The molecule has 8 nitrogen and oxygen atoms in total. The molecule has 0 unspecified atom stereocenters. The van der Waals surface area contributed by atoms with Crippen molar-refractivity contribution in [3.8, 4) is 17.2 Å². The lowest BCUT2D eigenvalue weighted by Crippen LogP contribution is -2.20. The van der Waals surface area contributed by atoms with Crippen LogP contribution in [0.5, 0.6) is 17.2 Å². The molecular formula is C24H26N2O6. The fourth-order valence-corrected chi connectivity index (χ4v) is 3.92. The van der Waals surface area contributed by atoms with Gasteiger partial charge in [0.15, 0.2) is 6.61 Å². The topological polar surface area (TPSA) is 88.0 Å². The number of rotatable bonds is 8. The minimum absolute atomic E-state index is 0.207. The molecule has 1 fully saturated rings. The predicted molar refractivity (Wildman–Crippen MR) is 120 cm³/mol. The molecule has 168 valence electrons. The van der Waals surface area contributed by atoms with Gasteiger partial charge in [-0.15, -0.1) is 0 Å². The number of methoxy groups -OCH3 is 3. The average molecular weight is 438 g/mol. The number of fused-ring (bicyclic) bond motifs is 1. The number of amides is 1. The second kappa shape index (κ2) is 8.82. The first-order valence-corrected chi connectivity index (χ1v) is 10.3. The zero-order valence-electron chi connectivity index (χ0n) is 18.6. The van der Waals surface area contributed by atoms with E-state index in [4.69, 9.17) is 18.9 Å². The number of nitrogens with zero attached hydrogens (tertiary/aromatic N) is 1. The molecule has 1 heterocycles. The first kappa shape index (κ1) is 21.5. The van der Waals surface area contributed by atoms with Crippen molar-refractivity contribution < 1.29 is 28.5 Å². The van der Waals surface area contributed by atoms with E-state index in [0.29, 0.717) is 34.5 Å². The van der Waals surface area contributed by atoms with E-state index in [2.05, 4.69) is 9.88 Å². The van der Waals surface area contributed by atoms with Crippen LogP contribution in [0.2, 0.25) is 0 Å². The Kier molecular flexibility index (Phi) is 5.94. The molecule has 3 aromatic rings. The summed E-state index contributed by atoms with van der Waals surface area (Å²) < 4.78 is 23.4. The summed E-state index contributed by atoms with van der Waals surface area (Å²) in [7, 11) is 4.45. The highest BCUT2D eigenvalue weighted by molar-refractivity contribution is 6.06. The van der Waals surface area contributed by atoms with Gasteiger partial charge in [-0.3, -0.25) is 4.79 Å². The van der Waals surface area contributed by atoms with Crippen LogP contribution in [-0.2, 0) is 9.53 Å². The number of hydrogen-bond donors (Lipinski definition) is 1. The third kappa shape index (κ3) is 4.08. The molecule has 2 aromatic carbocycles. The van der Waals surface area contributed by atoms with Crippen molar-refractivity contribution in [1.29, 1.82) is 0 Å². The van der Waals surface area contributed by atoms with Crippen molar-refractivity contribution in [3.63, 3.8) is 0 Å². The average Bonchev–Trinajstić information content (AvgIpc) is 3.59. The van der Waals surface area contributed by atoms with Crippen molar-refractivity contribution in [2.45, 2.75) is 25.8 Å². The Labute approximate surface area is 186 Å². The zero-order valence-corrected chi connectivity index (χ0v) is 18.6. The number of nitrogens with one attached hydrogen (secondary N) is 1. The normalized spacial score (nSPS) is 13.0. The Morgan fingerprint density at radius 3 is 2.44 bits per heavy atom. The summed E-state index contributed by atoms with van der Waals surface area (Å²) in [4.78, 5) is 24.9. The molecule has 1 aliphatic rings. The summed E-state index contributed by atoms with van der Waals surface area (Å²) in [5.41, 5.74) is 2.86. The van der Waals surface area contributed by atoms with Gasteiger partial charge in [-0.05, 0) is 50.1 Å². The van der Waals surface area contributed by atoms with Gasteiger partial charge in [0, 0.05) is 28.7 Å². The molecule has 0 bridgehead atoms. The van der Waals surface area contributed by atoms with Crippen LogP contribution in [0.25, 0.3) is 10.9 Å². The minimum atomic E-state index is -0.382. The Bertz CT molecular complexity index is 1180. The van der Waals surface area contributed by atoms with Crippen LogP contribution in [0.3, 0.4) is 0 Å². The molecule has 1 aromatic heterocycles. The Balaban J connectivity index is 1.54. The molecule has 4 rings (SSSR count). The van der Waals surface area contributed by atoms with Gasteiger partial charge < -0.3 is 28.8 Å². The van der Waals surface area contributed by atoms with Gasteiger partial charge >= 0.3 is 5.97 Å². The largest absolute Gasteiger partial charge is 0.497 e. The Morgan fingerprint density at radius 2 is 1.78 bits per heavy atom. The lowest BCUT2D eigenvalue weighted by molar-refractivity contribution is -0.118. The van der Waals surface area contributed by atoms with Crippen LogP contribution in [0.1, 0.15) is 34.9 Å². The van der Waals surface area contributed by atoms with Crippen LogP contribution in [-0.4, -0.2) is 44.4 Å². The third-order valence-electron chi connectivity index (χ3n) is 5.57. The van der Waals surface area contributed by atoms with E-state index >= 15 is 0 Å². The molecule has 1 N–H and O–H groups in total. The smallest absolute Gasteiger partial charge is 0.340 e. The maximum Gasteiger partial charge on any atom is 0.340 e. The first-order valence-electron chi connectivity index (χ1n) is 10.3. The van der Waals surface area contributed by atoms with Crippen molar-refractivity contribution >= 4 is 28.5 Å². The molecule has 0 atom stereocenters. The highest BCUT2D eigenvalue weighted by Gasteiger charge is 2.30. The van der Waals surface area contributed by atoms with Gasteiger partial charge in [0.05, 0.1) is 32.6 Å². The zero-order chi connectivity index (χ0) is 22.8. The SMILES string of the molecule is COC(=O)c1c(C)n(C2CC2)c2ccc(OCC(=O)Nc3cc(OC)ccc3OC)cc12. The number of carbonyl (C=O) groups excluding carboxylic acids is 2. The van der Waals surface area contributed by atoms with Gasteiger partial charge in [0.2, 0.25) is 0 Å². The van der Waals surface area contributed by atoms with Gasteiger partial charge in [-0.1, -0.05) is 0 Å². The van der Waals surface area contributed by atoms with E-state index < -0.39 is 0 Å². The van der Waals surface area contributed by atoms with E-state index in [1.165, 1.54) is 14.2 Å². The van der Waals surface area contributed by atoms with E-state index in [9.17, 15) is 9.59 Å². The summed E-state index contributed by atoms with van der Waals surface area (Å²) in [6, 6.07) is 11.1. The van der Waals surface area contributed by atoms with Gasteiger partial charge in [-0.2, -0.15) is 0 Å². The van der Waals surface area contributed by atoms with Crippen LogP contribution < -0.4 is 19.5 Å². The van der Waals surface area contributed by atoms with Gasteiger partial charge in [0.1, 0.15) is 17.2 Å². The third-order valence-corrected chi connectivity index (χ3v) is 5.57. The lowest BCUT2D eigenvalue weighted by atomic mass is 10.1. The molecule has 0 aliphatic heterocycles. The van der Waals surface area contributed by atoms with E-state index in [0.717, 1.165) is 29.4 Å². The summed E-state index contributed by atoms with van der Waals surface area (Å²) >= 11 is 0. The molecule has 0 spiro atoms. The molecule has 8 heteroatoms. The summed E-state index contributed by atoms with van der Waals surface area (Å²) in [6.45, 7) is 1.72. The number of benzene rings is 2. The standard InChI is InChI=1S/C24H26N2O6/c1-14-23(24(28)31-4)18-11-17(7-9-20(18)26(14)15-5-6-15)32-13-22(27)25-19-12-16(29-2)8-10-21(19)30-3/h7-12,15H,5-6,13H2,1-4H3,(H,25,27).